The second kappa shape index (κ2) is 5.50. The lowest BCUT2D eigenvalue weighted by Gasteiger charge is -2.36. The van der Waals surface area contributed by atoms with E-state index in [-0.39, 0.29) is 10.7 Å². The number of nitrogens with zero attached hydrogens (tertiary/aromatic N) is 2. The van der Waals surface area contributed by atoms with E-state index < -0.39 is 0 Å². The van der Waals surface area contributed by atoms with Gasteiger partial charge in [-0.05, 0) is 45.7 Å². The maximum Gasteiger partial charge on any atom is 0.236 e. The smallest absolute Gasteiger partial charge is 0.236 e. The number of carbonyl (C=O) groups excluding carboxylic acids is 1. The zero-order chi connectivity index (χ0) is 11.5. The van der Waals surface area contributed by atoms with Crippen LogP contribution < -0.4 is 0 Å². The molecule has 16 heavy (non-hydrogen) atoms. The first-order valence-corrected chi connectivity index (χ1v) is 7.27. The van der Waals surface area contributed by atoms with Gasteiger partial charge in [0.25, 0.3) is 0 Å². The Kier molecular flexibility index (Phi) is 4.25. The van der Waals surface area contributed by atoms with Gasteiger partial charge in [0, 0.05) is 19.1 Å². The Morgan fingerprint density at radius 1 is 1.31 bits per heavy atom. The first-order chi connectivity index (χ1) is 7.68. The van der Waals surface area contributed by atoms with Crippen molar-refractivity contribution in [2.24, 2.45) is 0 Å². The van der Waals surface area contributed by atoms with E-state index >= 15 is 0 Å². The molecule has 0 saturated carbocycles. The van der Waals surface area contributed by atoms with Crippen molar-refractivity contribution in [1.82, 2.24) is 9.80 Å². The van der Waals surface area contributed by atoms with Gasteiger partial charge in [-0.25, -0.2) is 0 Å². The standard InChI is InChI=1S/C12H21BrN2O/c1-10(9-14-6-2-3-7-14)15-8-4-5-11(13)12(15)16/h10-11H,2-9H2,1H3. The van der Waals surface area contributed by atoms with Gasteiger partial charge in [-0.15, -0.1) is 0 Å². The Morgan fingerprint density at radius 2 is 2.00 bits per heavy atom. The number of alkyl halides is 1. The molecule has 2 unspecified atom stereocenters. The molecule has 0 N–H and O–H groups in total. The maximum absolute atomic E-state index is 12.0. The van der Waals surface area contributed by atoms with E-state index in [9.17, 15) is 4.79 Å². The number of amides is 1. The third-order valence-electron chi connectivity index (χ3n) is 3.66. The van der Waals surface area contributed by atoms with Gasteiger partial charge in [-0.1, -0.05) is 15.9 Å². The molecule has 2 saturated heterocycles. The topological polar surface area (TPSA) is 23.6 Å². The second-order valence-corrected chi connectivity index (χ2v) is 6.10. The molecule has 4 heteroatoms. The minimum atomic E-state index is 0.0577. The summed E-state index contributed by atoms with van der Waals surface area (Å²) in [5, 5.41) is 0. The lowest BCUT2D eigenvalue weighted by Crippen LogP contribution is -2.50. The fraction of sp³-hybridized carbons (Fsp3) is 0.917. The molecule has 92 valence electrons. The van der Waals surface area contributed by atoms with Gasteiger partial charge in [-0.3, -0.25) is 4.79 Å². The van der Waals surface area contributed by atoms with E-state index in [4.69, 9.17) is 0 Å². The molecule has 0 aliphatic carbocycles. The molecule has 0 aromatic rings. The molecule has 1 amide bonds. The van der Waals surface area contributed by atoms with Crippen molar-refractivity contribution in [3.63, 3.8) is 0 Å². The predicted octanol–water partition coefficient (Wildman–Crippen LogP) is 1.86. The van der Waals surface area contributed by atoms with Crippen LogP contribution >= 0.6 is 15.9 Å². The Balaban J connectivity index is 1.87. The SMILES string of the molecule is CC(CN1CCCC1)N1CCCC(Br)C1=O. The van der Waals surface area contributed by atoms with Crippen LogP contribution in [0.3, 0.4) is 0 Å². The quantitative estimate of drug-likeness (QED) is 0.740. The first kappa shape index (κ1) is 12.4. The van der Waals surface area contributed by atoms with E-state index in [1.807, 2.05) is 0 Å². The Labute approximate surface area is 106 Å². The number of piperidine rings is 1. The van der Waals surface area contributed by atoms with Crippen LogP contribution in [0.5, 0.6) is 0 Å². The van der Waals surface area contributed by atoms with Gasteiger partial charge in [-0.2, -0.15) is 0 Å². The fourth-order valence-corrected chi connectivity index (χ4v) is 3.32. The number of hydrogen-bond donors (Lipinski definition) is 0. The molecule has 2 rings (SSSR count). The average molecular weight is 289 g/mol. The van der Waals surface area contributed by atoms with Crippen LogP contribution in [-0.4, -0.2) is 52.8 Å². The summed E-state index contributed by atoms with van der Waals surface area (Å²) in [5.41, 5.74) is 0. The van der Waals surface area contributed by atoms with Gasteiger partial charge in [0.15, 0.2) is 0 Å². The van der Waals surface area contributed by atoms with Crippen LogP contribution in [0.1, 0.15) is 32.6 Å². The van der Waals surface area contributed by atoms with Crippen LogP contribution in [0.15, 0.2) is 0 Å². The van der Waals surface area contributed by atoms with Gasteiger partial charge >= 0.3 is 0 Å². The largest absolute Gasteiger partial charge is 0.338 e. The summed E-state index contributed by atoms with van der Waals surface area (Å²) < 4.78 is 0. The van der Waals surface area contributed by atoms with E-state index in [0.29, 0.717) is 6.04 Å². The van der Waals surface area contributed by atoms with Crippen LogP contribution in [0.4, 0.5) is 0 Å². The lowest BCUT2D eigenvalue weighted by atomic mass is 10.1. The zero-order valence-corrected chi connectivity index (χ0v) is 11.6. The van der Waals surface area contributed by atoms with E-state index in [1.165, 1.54) is 25.9 Å². The number of hydrogen-bond acceptors (Lipinski definition) is 2. The van der Waals surface area contributed by atoms with Crippen molar-refractivity contribution in [1.29, 1.82) is 0 Å². The highest BCUT2D eigenvalue weighted by molar-refractivity contribution is 9.10. The summed E-state index contributed by atoms with van der Waals surface area (Å²) in [6.07, 6.45) is 4.77. The summed E-state index contributed by atoms with van der Waals surface area (Å²) in [6, 6.07) is 0.367. The third-order valence-corrected chi connectivity index (χ3v) is 4.51. The molecule has 2 atom stereocenters. The molecular formula is C12H21BrN2O. The number of likely N-dealkylation sites (tertiary alicyclic amines) is 2. The summed E-state index contributed by atoms with van der Waals surface area (Å²) in [6.45, 7) is 6.59. The van der Waals surface area contributed by atoms with Crippen molar-refractivity contribution in [3.05, 3.63) is 0 Å². The van der Waals surface area contributed by atoms with E-state index in [1.54, 1.807) is 0 Å². The maximum atomic E-state index is 12.0. The molecule has 2 heterocycles. The van der Waals surface area contributed by atoms with Crippen molar-refractivity contribution < 1.29 is 4.79 Å². The van der Waals surface area contributed by atoms with Crippen molar-refractivity contribution in [3.8, 4) is 0 Å². The predicted molar refractivity (Wildman–Crippen MR) is 68.8 cm³/mol. The Morgan fingerprint density at radius 3 is 2.69 bits per heavy atom. The Hall–Kier alpha value is -0.0900. The first-order valence-electron chi connectivity index (χ1n) is 6.35. The molecule has 0 radical (unpaired) electrons. The second-order valence-electron chi connectivity index (χ2n) is 5.00. The average Bonchev–Trinajstić information content (AvgIpc) is 2.74. The fourth-order valence-electron chi connectivity index (χ4n) is 2.73. The normalized spacial score (nSPS) is 29.8. The molecule has 2 aliphatic heterocycles. The van der Waals surface area contributed by atoms with E-state index in [0.717, 1.165) is 25.9 Å². The summed E-state index contributed by atoms with van der Waals surface area (Å²) in [7, 11) is 0. The highest BCUT2D eigenvalue weighted by atomic mass is 79.9. The molecule has 0 aromatic heterocycles. The third kappa shape index (κ3) is 2.77. The summed E-state index contributed by atoms with van der Waals surface area (Å²) in [5.74, 6) is 0.290. The monoisotopic (exact) mass is 288 g/mol. The lowest BCUT2D eigenvalue weighted by molar-refractivity contribution is -0.134. The minimum absolute atomic E-state index is 0.0577. The summed E-state index contributed by atoms with van der Waals surface area (Å²) >= 11 is 3.47. The number of carbonyl (C=O) groups is 1. The molecular weight excluding hydrogens is 268 g/mol. The molecule has 0 bridgehead atoms. The van der Waals surface area contributed by atoms with Crippen molar-refractivity contribution in [2.75, 3.05) is 26.2 Å². The van der Waals surface area contributed by atoms with Gasteiger partial charge in [0.1, 0.15) is 0 Å². The van der Waals surface area contributed by atoms with Crippen LogP contribution in [0.25, 0.3) is 0 Å². The zero-order valence-electron chi connectivity index (χ0n) is 9.99. The molecule has 0 aromatic carbocycles. The summed E-state index contributed by atoms with van der Waals surface area (Å²) in [4.78, 5) is 16.6. The van der Waals surface area contributed by atoms with Gasteiger partial charge in [0.2, 0.25) is 5.91 Å². The van der Waals surface area contributed by atoms with Crippen LogP contribution in [0, 0.1) is 0 Å². The van der Waals surface area contributed by atoms with Crippen LogP contribution in [0.2, 0.25) is 0 Å². The number of rotatable bonds is 3. The molecule has 2 aliphatic rings. The number of halogens is 1. The molecule has 3 nitrogen and oxygen atoms in total. The highest BCUT2D eigenvalue weighted by Crippen LogP contribution is 2.21. The van der Waals surface area contributed by atoms with E-state index in [2.05, 4.69) is 32.7 Å². The molecule has 2 fully saturated rings. The van der Waals surface area contributed by atoms with Gasteiger partial charge < -0.3 is 9.80 Å². The minimum Gasteiger partial charge on any atom is -0.338 e. The van der Waals surface area contributed by atoms with Crippen LogP contribution in [-0.2, 0) is 4.79 Å². The van der Waals surface area contributed by atoms with Crippen molar-refractivity contribution in [2.45, 2.75) is 43.5 Å². The highest BCUT2D eigenvalue weighted by Gasteiger charge is 2.30. The van der Waals surface area contributed by atoms with Gasteiger partial charge in [0.05, 0.1) is 4.83 Å². The Bertz CT molecular complexity index is 253. The van der Waals surface area contributed by atoms with Crippen molar-refractivity contribution >= 4 is 21.8 Å². The molecule has 0 spiro atoms.